The molecule has 76 valence electrons. The van der Waals surface area contributed by atoms with Gasteiger partial charge >= 0.3 is 5.76 Å². The first-order chi connectivity index (χ1) is 7.19. The van der Waals surface area contributed by atoms with Gasteiger partial charge in [0.05, 0.1) is 12.1 Å². The number of fused-ring (bicyclic) bond motifs is 1. The quantitative estimate of drug-likeness (QED) is 0.584. The Hall–Kier alpha value is -2.22. The maximum Gasteiger partial charge on any atom is 0.417 e. The molecule has 0 bridgehead atoms. The lowest BCUT2D eigenvalue weighted by molar-refractivity contribution is 0.469. The summed E-state index contributed by atoms with van der Waals surface area (Å²) in [4.78, 5) is 15.0. The van der Waals surface area contributed by atoms with Gasteiger partial charge in [0.15, 0.2) is 11.8 Å². The highest BCUT2D eigenvalue weighted by Gasteiger charge is 2.03. The highest BCUT2D eigenvalue weighted by molar-refractivity contribution is 5.72. The fourth-order valence-corrected chi connectivity index (χ4v) is 1.41. The number of benzene rings is 1. The number of hydrogen-bond donors (Lipinski definition) is 1. The van der Waals surface area contributed by atoms with E-state index < -0.39 is 5.76 Å². The second-order valence-corrected chi connectivity index (χ2v) is 3.30. The Morgan fingerprint density at radius 2 is 2.40 bits per heavy atom. The second-order valence-electron chi connectivity index (χ2n) is 3.30. The van der Waals surface area contributed by atoms with E-state index in [2.05, 4.69) is 4.98 Å². The van der Waals surface area contributed by atoms with Crippen LogP contribution >= 0.6 is 0 Å². The number of aromatic amines is 1. The molecule has 0 aliphatic heterocycles. The lowest BCUT2D eigenvalue weighted by Crippen LogP contribution is -2.09. The maximum absolute atomic E-state index is 10.9. The van der Waals surface area contributed by atoms with Crippen LogP contribution in [0.15, 0.2) is 27.4 Å². The van der Waals surface area contributed by atoms with Gasteiger partial charge in [-0.3, -0.25) is 4.98 Å². The van der Waals surface area contributed by atoms with Crippen LogP contribution in [0.5, 0.6) is 0 Å². The first-order valence-electron chi connectivity index (χ1n) is 4.41. The van der Waals surface area contributed by atoms with E-state index in [4.69, 9.17) is 9.68 Å². The molecule has 0 fully saturated rings. The number of H-pyrrole nitrogens is 1. The van der Waals surface area contributed by atoms with E-state index in [1.54, 1.807) is 19.2 Å². The molecular weight excluding hydrogens is 194 g/mol. The molecule has 5 heteroatoms. The van der Waals surface area contributed by atoms with Gasteiger partial charge in [-0.25, -0.2) is 4.79 Å². The van der Waals surface area contributed by atoms with Gasteiger partial charge in [0.2, 0.25) is 0 Å². The lowest BCUT2D eigenvalue weighted by Gasteiger charge is -2.07. The summed E-state index contributed by atoms with van der Waals surface area (Å²) in [7, 11) is 1.70. The van der Waals surface area contributed by atoms with Crippen LogP contribution in [0.1, 0.15) is 5.56 Å². The highest BCUT2D eigenvalue weighted by Crippen LogP contribution is 2.13. The van der Waals surface area contributed by atoms with E-state index in [-0.39, 0.29) is 0 Å². The van der Waals surface area contributed by atoms with Crippen LogP contribution in [0, 0.1) is 11.5 Å². The topological polar surface area (TPSA) is 73.0 Å². The number of rotatable bonds is 2. The van der Waals surface area contributed by atoms with Crippen molar-refractivity contribution in [2.75, 3.05) is 7.05 Å². The Morgan fingerprint density at radius 3 is 3.13 bits per heavy atom. The molecule has 0 amide bonds. The van der Waals surface area contributed by atoms with Crippen molar-refractivity contribution in [3.8, 4) is 6.19 Å². The normalized spacial score (nSPS) is 10.1. The number of nitrogens with one attached hydrogen (secondary N) is 1. The van der Waals surface area contributed by atoms with E-state index in [9.17, 15) is 4.79 Å². The van der Waals surface area contributed by atoms with Crippen LogP contribution in [0.25, 0.3) is 11.1 Å². The van der Waals surface area contributed by atoms with Gasteiger partial charge in [0, 0.05) is 7.05 Å². The zero-order chi connectivity index (χ0) is 10.8. The summed E-state index contributed by atoms with van der Waals surface area (Å²) in [6.07, 6.45) is 2.00. The Balaban J connectivity index is 2.39. The van der Waals surface area contributed by atoms with Gasteiger partial charge in [0.1, 0.15) is 0 Å². The highest BCUT2D eigenvalue weighted by atomic mass is 16.4. The Morgan fingerprint density at radius 1 is 1.60 bits per heavy atom. The fourth-order valence-electron chi connectivity index (χ4n) is 1.41. The Kier molecular flexibility index (Phi) is 2.18. The van der Waals surface area contributed by atoms with Crippen LogP contribution < -0.4 is 5.76 Å². The minimum Gasteiger partial charge on any atom is -0.408 e. The van der Waals surface area contributed by atoms with Crippen LogP contribution in [0.3, 0.4) is 0 Å². The number of nitriles is 1. The van der Waals surface area contributed by atoms with Crippen molar-refractivity contribution >= 4 is 11.1 Å². The molecule has 15 heavy (non-hydrogen) atoms. The molecule has 1 aromatic carbocycles. The molecule has 5 nitrogen and oxygen atoms in total. The second kappa shape index (κ2) is 3.50. The standard InChI is InChI=1S/C10H9N3O2/c1-13(6-11)5-7-2-3-9-8(4-7)12-10(14)15-9/h2-4H,5H2,1H3,(H,12,14). The monoisotopic (exact) mass is 203 g/mol. The van der Waals surface area contributed by atoms with Crippen molar-refractivity contribution in [3.63, 3.8) is 0 Å². The van der Waals surface area contributed by atoms with Crippen LogP contribution in [0.2, 0.25) is 0 Å². The number of aromatic nitrogens is 1. The average Bonchev–Trinajstić information content (AvgIpc) is 2.57. The van der Waals surface area contributed by atoms with Gasteiger partial charge in [-0.15, -0.1) is 0 Å². The van der Waals surface area contributed by atoms with Gasteiger partial charge in [0.25, 0.3) is 0 Å². The Bertz CT molecular complexity index is 576. The largest absolute Gasteiger partial charge is 0.417 e. The average molecular weight is 203 g/mol. The number of hydrogen-bond acceptors (Lipinski definition) is 4. The minimum absolute atomic E-state index is 0.462. The third-order valence-corrected chi connectivity index (χ3v) is 2.07. The predicted molar refractivity (Wildman–Crippen MR) is 53.9 cm³/mol. The van der Waals surface area contributed by atoms with Crippen molar-refractivity contribution in [3.05, 3.63) is 34.3 Å². The zero-order valence-corrected chi connectivity index (χ0v) is 8.15. The first kappa shape index (κ1) is 9.34. The molecule has 0 unspecified atom stereocenters. The van der Waals surface area contributed by atoms with E-state index in [0.717, 1.165) is 5.56 Å². The van der Waals surface area contributed by atoms with Crippen LogP contribution in [-0.2, 0) is 6.54 Å². The van der Waals surface area contributed by atoms with Gasteiger partial charge in [-0.2, -0.15) is 5.26 Å². The maximum atomic E-state index is 10.9. The van der Waals surface area contributed by atoms with Crippen molar-refractivity contribution in [1.82, 2.24) is 9.88 Å². The van der Waals surface area contributed by atoms with Gasteiger partial charge < -0.3 is 9.32 Å². The predicted octanol–water partition coefficient (Wildman–Crippen LogP) is 1.03. The summed E-state index contributed by atoms with van der Waals surface area (Å²) in [5.74, 6) is -0.462. The van der Waals surface area contributed by atoms with Crippen LogP contribution in [0.4, 0.5) is 0 Å². The SMILES string of the molecule is CN(C#N)Cc1ccc2oc(=O)[nH]c2c1. The van der Waals surface area contributed by atoms with Crippen molar-refractivity contribution in [2.45, 2.75) is 6.54 Å². The van der Waals surface area contributed by atoms with Crippen molar-refractivity contribution in [1.29, 1.82) is 5.26 Å². The molecule has 0 aliphatic carbocycles. The van der Waals surface area contributed by atoms with Crippen LogP contribution in [-0.4, -0.2) is 16.9 Å². The molecule has 0 aliphatic rings. The fraction of sp³-hybridized carbons (Fsp3) is 0.200. The van der Waals surface area contributed by atoms with Gasteiger partial charge in [-0.05, 0) is 17.7 Å². The molecule has 0 saturated heterocycles. The molecular formula is C10H9N3O2. The van der Waals surface area contributed by atoms with Gasteiger partial charge in [-0.1, -0.05) is 6.07 Å². The molecule has 1 aromatic heterocycles. The smallest absolute Gasteiger partial charge is 0.408 e. The molecule has 2 aromatic rings. The Labute approximate surface area is 85.5 Å². The van der Waals surface area contributed by atoms with Crippen molar-refractivity contribution < 1.29 is 4.42 Å². The summed E-state index contributed by atoms with van der Waals surface area (Å²) in [5, 5.41) is 8.61. The first-order valence-corrected chi connectivity index (χ1v) is 4.41. The van der Waals surface area contributed by atoms with Crippen molar-refractivity contribution in [2.24, 2.45) is 0 Å². The summed E-state index contributed by atoms with van der Waals surface area (Å²) >= 11 is 0. The molecule has 0 saturated carbocycles. The summed E-state index contributed by atoms with van der Waals surface area (Å²) in [5.41, 5.74) is 2.14. The summed E-state index contributed by atoms with van der Waals surface area (Å²) in [6.45, 7) is 0.514. The summed E-state index contributed by atoms with van der Waals surface area (Å²) < 4.78 is 4.86. The van der Waals surface area contributed by atoms with E-state index in [1.165, 1.54) is 4.90 Å². The molecule has 1 N–H and O–H groups in total. The number of oxazole rings is 1. The molecule has 0 atom stereocenters. The third kappa shape index (κ3) is 1.83. The van der Waals surface area contributed by atoms with E-state index in [1.807, 2.05) is 12.3 Å². The molecule has 2 rings (SSSR count). The molecule has 1 heterocycles. The molecule has 0 spiro atoms. The molecule has 0 radical (unpaired) electrons. The number of nitrogens with zero attached hydrogens (tertiary/aromatic N) is 2. The van der Waals surface area contributed by atoms with E-state index >= 15 is 0 Å². The zero-order valence-electron chi connectivity index (χ0n) is 8.15. The van der Waals surface area contributed by atoms with E-state index in [0.29, 0.717) is 17.6 Å². The lowest BCUT2D eigenvalue weighted by atomic mass is 10.2. The third-order valence-electron chi connectivity index (χ3n) is 2.07. The minimum atomic E-state index is -0.462. The summed E-state index contributed by atoms with van der Waals surface area (Å²) in [6, 6.07) is 5.34.